The van der Waals surface area contributed by atoms with Crippen LogP contribution >= 0.6 is 46.6 Å². The van der Waals surface area contributed by atoms with Gasteiger partial charge in [-0.1, -0.05) is 54.7 Å². The number of hydrogen-bond acceptors (Lipinski definition) is 3. The summed E-state index contributed by atoms with van der Waals surface area (Å²) in [6.07, 6.45) is 2.40. The third-order valence-corrected chi connectivity index (χ3v) is 6.85. The number of carbonyl (C=O) groups excluding carboxylic acids is 2. The lowest BCUT2D eigenvalue weighted by atomic mass is 10.1. The Balaban J connectivity index is 2.07. The Morgan fingerprint density at radius 1 is 1.03 bits per heavy atom. The molecule has 0 aromatic heterocycles. The fourth-order valence-electron chi connectivity index (χ4n) is 3.21. The van der Waals surface area contributed by atoms with Crippen molar-refractivity contribution in [3.63, 3.8) is 0 Å². The number of nitrogens with one attached hydrogen (secondary N) is 1. The summed E-state index contributed by atoms with van der Waals surface area (Å²) in [6, 6.07) is 12.3. The minimum Gasteiger partial charge on any atom is -0.354 e. The van der Waals surface area contributed by atoms with Crippen molar-refractivity contribution in [3.05, 3.63) is 63.1 Å². The van der Waals surface area contributed by atoms with Crippen molar-refractivity contribution >= 4 is 58.4 Å². The first kappa shape index (κ1) is 26.8. The van der Waals surface area contributed by atoms with Crippen LogP contribution in [-0.4, -0.2) is 35.1 Å². The molecular weight excluding hydrogens is 487 g/mol. The monoisotopic (exact) mass is 514 g/mol. The predicted octanol–water partition coefficient (Wildman–Crippen LogP) is 6.85. The van der Waals surface area contributed by atoms with Gasteiger partial charge < -0.3 is 10.2 Å². The summed E-state index contributed by atoms with van der Waals surface area (Å²) in [6.45, 7) is 4.75. The van der Waals surface area contributed by atoms with Gasteiger partial charge in [-0.3, -0.25) is 9.59 Å². The highest BCUT2D eigenvalue weighted by atomic mass is 35.5. The molecule has 0 spiro atoms. The number of rotatable bonds is 12. The molecule has 2 rings (SSSR count). The summed E-state index contributed by atoms with van der Waals surface area (Å²) in [7, 11) is 0. The summed E-state index contributed by atoms with van der Waals surface area (Å²) in [4.78, 5) is 28.7. The second-order valence-electron chi connectivity index (χ2n) is 7.38. The number of thioether (sulfide) groups is 1. The first-order chi connectivity index (χ1) is 15.3. The average molecular weight is 516 g/mol. The van der Waals surface area contributed by atoms with Crippen molar-refractivity contribution in [1.82, 2.24) is 10.2 Å². The molecule has 4 nitrogen and oxygen atoms in total. The molecular formula is C24H29Cl3N2O2S. The summed E-state index contributed by atoms with van der Waals surface area (Å²) < 4.78 is 0. The maximum absolute atomic E-state index is 13.2. The second-order valence-corrected chi connectivity index (χ2v) is 9.83. The van der Waals surface area contributed by atoms with Crippen LogP contribution in [0.5, 0.6) is 0 Å². The van der Waals surface area contributed by atoms with Crippen LogP contribution in [0.2, 0.25) is 15.1 Å². The fourth-order valence-corrected chi connectivity index (χ4v) is 4.65. The van der Waals surface area contributed by atoms with E-state index >= 15 is 0 Å². The van der Waals surface area contributed by atoms with E-state index in [0.29, 0.717) is 40.9 Å². The van der Waals surface area contributed by atoms with Gasteiger partial charge in [0.05, 0.1) is 0 Å². The fraction of sp³-hybridized carbons (Fsp3) is 0.417. The van der Waals surface area contributed by atoms with Crippen LogP contribution in [0.4, 0.5) is 0 Å². The van der Waals surface area contributed by atoms with E-state index in [2.05, 4.69) is 5.32 Å². The molecule has 1 N–H and O–H groups in total. The maximum atomic E-state index is 13.2. The van der Waals surface area contributed by atoms with Crippen molar-refractivity contribution in [3.8, 4) is 0 Å². The Labute approximate surface area is 210 Å². The third-order valence-electron chi connectivity index (χ3n) is 4.91. The van der Waals surface area contributed by atoms with E-state index in [-0.39, 0.29) is 18.4 Å². The molecule has 2 aromatic carbocycles. The van der Waals surface area contributed by atoms with Gasteiger partial charge in [-0.05, 0) is 67.0 Å². The van der Waals surface area contributed by atoms with E-state index in [1.165, 1.54) is 0 Å². The molecule has 1 atom stereocenters. The van der Waals surface area contributed by atoms with Gasteiger partial charge in [0.2, 0.25) is 11.8 Å². The lowest BCUT2D eigenvalue weighted by Crippen LogP contribution is -2.49. The van der Waals surface area contributed by atoms with Crippen LogP contribution in [0.15, 0.2) is 47.4 Å². The van der Waals surface area contributed by atoms with Crippen LogP contribution in [-0.2, 0) is 16.1 Å². The van der Waals surface area contributed by atoms with Gasteiger partial charge in [0.15, 0.2) is 0 Å². The van der Waals surface area contributed by atoms with Crippen LogP contribution in [0.1, 0.15) is 45.1 Å². The van der Waals surface area contributed by atoms with E-state index in [1.807, 2.05) is 38.1 Å². The van der Waals surface area contributed by atoms with Gasteiger partial charge >= 0.3 is 0 Å². The Kier molecular flexibility index (Phi) is 11.7. The number of halogens is 3. The van der Waals surface area contributed by atoms with Crippen molar-refractivity contribution < 1.29 is 9.59 Å². The van der Waals surface area contributed by atoms with Gasteiger partial charge in [-0.15, -0.1) is 11.8 Å². The molecule has 0 aliphatic rings. The molecule has 0 aliphatic heterocycles. The summed E-state index contributed by atoms with van der Waals surface area (Å²) in [5.74, 6) is 0.594. The van der Waals surface area contributed by atoms with E-state index in [4.69, 9.17) is 34.8 Å². The molecule has 32 heavy (non-hydrogen) atoms. The molecule has 0 bridgehead atoms. The minimum atomic E-state index is -0.551. The average Bonchev–Trinajstić information content (AvgIpc) is 2.77. The van der Waals surface area contributed by atoms with Gasteiger partial charge in [-0.2, -0.15) is 0 Å². The molecule has 0 fully saturated rings. The number of amides is 2. The van der Waals surface area contributed by atoms with E-state index in [0.717, 1.165) is 22.6 Å². The highest BCUT2D eigenvalue weighted by Gasteiger charge is 2.28. The summed E-state index contributed by atoms with van der Waals surface area (Å²) in [5.41, 5.74) is 0.765. The SMILES string of the molecule is CCCNC(=O)[C@@H](CC)N(Cc1ccc(Cl)cc1Cl)C(=O)CCCSc1ccc(Cl)cc1. The van der Waals surface area contributed by atoms with Crippen LogP contribution in [0, 0.1) is 0 Å². The quantitative estimate of drug-likeness (QED) is 0.248. The van der Waals surface area contributed by atoms with Gasteiger partial charge in [0, 0.05) is 39.5 Å². The van der Waals surface area contributed by atoms with Crippen molar-refractivity contribution in [1.29, 1.82) is 0 Å². The molecule has 174 valence electrons. The highest BCUT2D eigenvalue weighted by molar-refractivity contribution is 7.99. The number of carbonyl (C=O) groups is 2. The highest BCUT2D eigenvalue weighted by Crippen LogP contribution is 2.25. The summed E-state index contributed by atoms with van der Waals surface area (Å²) >= 11 is 20.0. The van der Waals surface area contributed by atoms with E-state index in [1.54, 1.807) is 34.9 Å². The molecule has 0 unspecified atom stereocenters. The summed E-state index contributed by atoms with van der Waals surface area (Å²) in [5, 5.41) is 4.64. The van der Waals surface area contributed by atoms with Crippen LogP contribution in [0.25, 0.3) is 0 Å². The second kappa shape index (κ2) is 14.0. The molecule has 0 aliphatic carbocycles. The Hall–Kier alpha value is -1.40. The number of benzene rings is 2. The zero-order chi connectivity index (χ0) is 23.5. The smallest absolute Gasteiger partial charge is 0.242 e. The zero-order valence-electron chi connectivity index (χ0n) is 18.4. The van der Waals surface area contributed by atoms with Crippen molar-refractivity contribution in [2.75, 3.05) is 12.3 Å². The number of hydrogen-bond donors (Lipinski definition) is 1. The van der Waals surface area contributed by atoms with Crippen LogP contribution < -0.4 is 5.32 Å². The molecule has 2 amide bonds. The van der Waals surface area contributed by atoms with Crippen LogP contribution in [0.3, 0.4) is 0 Å². The lowest BCUT2D eigenvalue weighted by molar-refractivity contribution is -0.141. The molecule has 0 radical (unpaired) electrons. The maximum Gasteiger partial charge on any atom is 0.242 e. The van der Waals surface area contributed by atoms with Gasteiger partial charge in [-0.25, -0.2) is 0 Å². The zero-order valence-corrected chi connectivity index (χ0v) is 21.5. The number of nitrogens with zero attached hydrogens (tertiary/aromatic N) is 1. The molecule has 0 saturated carbocycles. The predicted molar refractivity (Wildman–Crippen MR) is 136 cm³/mol. The Morgan fingerprint density at radius 2 is 1.72 bits per heavy atom. The Morgan fingerprint density at radius 3 is 2.34 bits per heavy atom. The standard InChI is InChI=1S/C24H29Cl3N2O2S/c1-3-13-28-24(31)22(4-2)29(16-17-7-8-19(26)15-21(17)27)23(30)6-5-14-32-20-11-9-18(25)10-12-20/h7-12,15,22H,3-6,13-14,16H2,1-2H3,(H,28,31)/t22-/m1/s1. The Bertz CT molecular complexity index is 893. The minimum absolute atomic E-state index is 0.0637. The topological polar surface area (TPSA) is 49.4 Å². The van der Waals surface area contributed by atoms with Gasteiger partial charge in [0.1, 0.15) is 6.04 Å². The van der Waals surface area contributed by atoms with Crippen molar-refractivity contribution in [2.24, 2.45) is 0 Å². The molecule has 0 saturated heterocycles. The molecule has 8 heteroatoms. The normalized spacial score (nSPS) is 11.8. The first-order valence-corrected chi connectivity index (χ1v) is 12.9. The van der Waals surface area contributed by atoms with Crippen molar-refractivity contribution in [2.45, 2.75) is 57.0 Å². The lowest BCUT2D eigenvalue weighted by Gasteiger charge is -2.31. The third kappa shape index (κ3) is 8.51. The largest absolute Gasteiger partial charge is 0.354 e. The molecule has 2 aromatic rings. The van der Waals surface area contributed by atoms with E-state index < -0.39 is 6.04 Å². The first-order valence-electron chi connectivity index (χ1n) is 10.7. The van der Waals surface area contributed by atoms with E-state index in [9.17, 15) is 9.59 Å². The van der Waals surface area contributed by atoms with Gasteiger partial charge in [0.25, 0.3) is 0 Å². The molecule has 0 heterocycles.